The molecule has 1 fully saturated rings. The van der Waals surface area contributed by atoms with Crippen molar-refractivity contribution in [3.8, 4) is 5.75 Å². The monoisotopic (exact) mass is 293 g/mol. The summed E-state index contributed by atoms with van der Waals surface area (Å²) in [5.41, 5.74) is 0.249. The lowest BCUT2D eigenvalue weighted by atomic mass is 9.94. The second-order valence-corrected chi connectivity index (χ2v) is 5.46. The van der Waals surface area contributed by atoms with Gasteiger partial charge in [-0.15, -0.1) is 0 Å². The minimum atomic E-state index is -0.816. The summed E-state index contributed by atoms with van der Waals surface area (Å²) < 4.78 is 10.4. The number of ether oxygens (including phenoxy) is 2. The maximum Gasteiger partial charge on any atom is 0.220 e. The van der Waals surface area contributed by atoms with Crippen molar-refractivity contribution >= 4 is 5.91 Å². The molecule has 0 spiro atoms. The topological polar surface area (TPSA) is 67.8 Å². The molecule has 1 amide bonds. The highest BCUT2D eigenvalue weighted by Gasteiger charge is 2.29. The number of aryl methyl sites for hydroxylation is 1. The van der Waals surface area contributed by atoms with Gasteiger partial charge in [-0.05, 0) is 24.1 Å². The zero-order valence-electron chi connectivity index (χ0n) is 12.4. The summed E-state index contributed by atoms with van der Waals surface area (Å²) in [6.45, 7) is 1.40. The maximum absolute atomic E-state index is 11.9. The van der Waals surface area contributed by atoms with Crippen LogP contribution in [0.2, 0.25) is 0 Å². The third kappa shape index (κ3) is 5.02. The van der Waals surface area contributed by atoms with Crippen LogP contribution in [0.15, 0.2) is 24.3 Å². The summed E-state index contributed by atoms with van der Waals surface area (Å²) in [5, 5.41) is 13.1. The van der Waals surface area contributed by atoms with Crippen molar-refractivity contribution in [1.82, 2.24) is 5.32 Å². The Morgan fingerprint density at radius 2 is 2.19 bits per heavy atom. The van der Waals surface area contributed by atoms with Gasteiger partial charge in [0.05, 0.1) is 12.7 Å². The van der Waals surface area contributed by atoms with Gasteiger partial charge in [0, 0.05) is 39.0 Å². The Morgan fingerprint density at radius 3 is 2.90 bits per heavy atom. The number of rotatable bonds is 6. The Morgan fingerprint density at radius 1 is 1.43 bits per heavy atom. The highest BCUT2D eigenvalue weighted by atomic mass is 16.5. The van der Waals surface area contributed by atoms with Crippen LogP contribution in [0.25, 0.3) is 0 Å². The van der Waals surface area contributed by atoms with Crippen LogP contribution < -0.4 is 10.1 Å². The van der Waals surface area contributed by atoms with Crippen LogP contribution in [0.3, 0.4) is 0 Å². The van der Waals surface area contributed by atoms with Crippen LogP contribution >= 0.6 is 0 Å². The van der Waals surface area contributed by atoms with Crippen LogP contribution in [0, 0.1) is 0 Å². The van der Waals surface area contributed by atoms with Crippen molar-refractivity contribution in [2.75, 3.05) is 26.9 Å². The molecule has 0 unspecified atom stereocenters. The van der Waals surface area contributed by atoms with E-state index in [-0.39, 0.29) is 5.91 Å². The Hall–Kier alpha value is -1.59. The molecule has 1 heterocycles. The quantitative estimate of drug-likeness (QED) is 0.829. The zero-order valence-corrected chi connectivity index (χ0v) is 12.4. The number of nitrogens with one attached hydrogen (secondary N) is 1. The lowest BCUT2D eigenvalue weighted by molar-refractivity contribution is -0.123. The molecule has 1 aromatic carbocycles. The summed E-state index contributed by atoms with van der Waals surface area (Å²) in [6, 6.07) is 7.70. The fourth-order valence-electron chi connectivity index (χ4n) is 2.37. The zero-order chi connectivity index (χ0) is 15.1. The number of aliphatic hydroxyl groups is 1. The first-order chi connectivity index (χ1) is 10.1. The predicted molar refractivity (Wildman–Crippen MR) is 79.3 cm³/mol. The van der Waals surface area contributed by atoms with Gasteiger partial charge in [0.1, 0.15) is 5.75 Å². The molecule has 116 valence electrons. The number of amides is 1. The van der Waals surface area contributed by atoms with Crippen LogP contribution in [0.1, 0.15) is 24.8 Å². The largest absolute Gasteiger partial charge is 0.497 e. The van der Waals surface area contributed by atoms with Crippen LogP contribution in [-0.2, 0) is 16.0 Å². The highest BCUT2D eigenvalue weighted by Crippen LogP contribution is 2.19. The lowest BCUT2D eigenvalue weighted by Gasteiger charge is -2.32. The Labute approximate surface area is 125 Å². The predicted octanol–water partition coefficient (Wildman–Crippen LogP) is 1.29. The van der Waals surface area contributed by atoms with Gasteiger partial charge in [0.25, 0.3) is 0 Å². The van der Waals surface area contributed by atoms with Gasteiger partial charge in [0.15, 0.2) is 0 Å². The fourth-order valence-corrected chi connectivity index (χ4v) is 2.37. The van der Waals surface area contributed by atoms with Gasteiger partial charge in [0.2, 0.25) is 5.91 Å². The Balaban J connectivity index is 1.74. The molecule has 1 aromatic rings. The molecule has 0 saturated carbocycles. The number of hydrogen-bond acceptors (Lipinski definition) is 4. The SMILES string of the molecule is COc1cccc(CCC(=O)NCC2(O)CCOCC2)c1. The van der Waals surface area contributed by atoms with E-state index in [0.29, 0.717) is 45.4 Å². The molecule has 1 aliphatic rings. The van der Waals surface area contributed by atoms with E-state index >= 15 is 0 Å². The standard InChI is InChI=1S/C16H23NO4/c1-20-14-4-2-3-13(11-14)5-6-15(18)17-12-16(19)7-9-21-10-8-16/h2-4,11,19H,5-10,12H2,1H3,(H,17,18). The summed E-state index contributed by atoms with van der Waals surface area (Å²) >= 11 is 0. The van der Waals surface area contributed by atoms with E-state index in [1.807, 2.05) is 24.3 Å². The first-order valence-corrected chi connectivity index (χ1v) is 7.31. The van der Waals surface area contributed by atoms with E-state index in [2.05, 4.69) is 5.32 Å². The third-order valence-electron chi connectivity index (χ3n) is 3.81. The van der Waals surface area contributed by atoms with E-state index < -0.39 is 5.60 Å². The van der Waals surface area contributed by atoms with Gasteiger partial charge in [-0.25, -0.2) is 0 Å². The van der Waals surface area contributed by atoms with Crippen molar-refractivity contribution in [2.24, 2.45) is 0 Å². The number of hydrogen-bond donors (Lipinski definition) is 2. The molecular weight excluding hydrogens is 270 g/mol. The molecule has 5 heteroatoms. The Kier molecular flexibility index (Phi) is 5.59. The number of methoxy groups -OCH3 is 1. The van der Waals surface area contributed by atoms with E-state index in [0.717, 1.165) is 11.3 Å². The van der Waals surface area contributed by atoms with Crippen LogP contribution in [-0.4, -0.2) is 43.5 Å². The van der Waals surface area contributed by atoms with Gasteiger partial charge in [-0.2, -0.15) is 0 Å². The van der Waals surface area contributed by atoms with Crippen molar-refractivity contribution in [2.45, 2.75) is 31.3 Å². The normalized spacial score (nSPS) is 17.2. The first kappa shape index (κ1) is 15.8. The van der Waals surface area contributed by atoms with E-state index in [1.165, 1.54) is 0 Å². The second kappa shape index (κ2) is 7.43. The minimum Gasteiger partial charge on any atom is -0.497 e. The van der Waals surface area contributed by atoms with Crippen molar-refractivity contribution in [3.63, 3.8) is 0 Å². The molecule has 1 saturated heterocycles. The molecule has 21 heavy (non-hydrogen) atoms. The maximum atomic E-state index is 11.9. The number of carbonyl (C=O) groups is 1. The Bertz CT molecular complexity index is 469. The molecular formula is C16H23NO4. The highest BCUT2D eigenvalue weighted by molar-refractivity contribution is 5.76. The van der Waals surface area contributed by atoms with Crippen molar-refractivity contribution < 1.29 is 19.4 Å². The molecule has 0 atom stereocenters. The molecule has 0 aliphatic carbocycles. The van der Waals surface area contributed by atoms with E-state index in [1.54, 1.807) is 7.11 Å². The van der Waals surface area contributed by atoms with Gasteiger partial charge in [-0.1, -0.05) is 12.1 Å². The lowest BCUT2D eigenvalue weighted by Crippen LogP contribution is -2.46. The molecule has 0 bridgehead atoms. The molecule has 5 nitrogen and oxygen atoms in total. The van der Waals surface area contributed by atoms with Gasteiger partial charge in [-0.3, -0.25) is 4.79 Å². The average molecular weight is 293 g/mol. The molecule has 1 aliphatic heterocycles. The summed E-state index contributed by atoms with van der Waals surface area (Å²) in [4.78, 5) is 11.9. The van der Waals surface area contributed by atoms with E-state index in [4.69, 9.17) is 9.47 Å². The van der Waals surface area contributed by atoms with Gasteiger partial charge < -0.3 is 19.9 Å². The molecule has 2 rings (SSSR count). The summed E-state index contributed by atoms with van der Waals surface area (Å²) in [5.74, 6) is 0.752. The van der Waals surface area contributed by atoms with Crippen molar-refractivity contribution in [3.05, 3.63) is 29.8 Å². The summed E-state index contributed by atoms with van der Waals surface area (Å²) in [7, 11) is 1.63. The molecule has 0 radical (unpaired) electrons. The first-order valence-electron chi connectivity index (χ1n) is 7.31. The fraction of sp³-hybridized carbons (Fsp3) is 0.562. The average Bonchev–Trinajstić information content (AvgIpc) is 2.52. The number of carbonyl (C=O) groups excluding carboxylic acids is 1. The smallest absolute Gasteiger partial charge is 0.220 e. The van der Waals surface area contributed by atoms with E-state index in [9.17, 15) is 9.90 Å². The third-order valence-corrected chi connectivity index (χ3v) is 3.81. The van der Waals surface area contributed by atoms with Gasteiger partial charge >= 0.3 is 0 Å². The summed E-state index contributed by atoms with van der Waals surface area (Å²) in [6.07, 6.45) is 2.21. The second-order valence-electron chi connectivity index (χ2n) is 5.46. The minimum absolute atomic E-state index is 0.0438. The van der Waals surface area contributed by atoms with Crippen LogP contribution in [0.5, 0.6) is 5.75 Å². The molecule has 2 N–H and O–H groups in total. The number of benzene rings is 1. The molecule has 0 aromatic heterocycles. The van der Waals surface area contributed by atoms with Crippen molar-refractivity contribution in [1.29, 1.82) is 0 Å². The van der Waals surface area contributed by atoms with Crippen LogP contribution in [0.4, 0.5) is 0 Å².